The summed E-state index contributed by atoms with van der Waals surface area (Å²) >= 11 is 0. The van der Waals surface area contributed by atoms with Crippen molar-refractivity contribution in [2.24, 2.45) is 0 Å². The fourth-order valence-electron chi connectivity index (χ4n) is 0. The Morgan fingerprint density at radius 2 is 1.33 bits per heavy atom. The summed E-state index contributed by atoms with van der Waals surface area (Å²) in [5.41, 5.74) is 0. The van der Waals surface area contributed by atoms with Crippen LogP contribution < -0.4 is 14.7 Å². The number of hydrogen-bond acceptors (Lipinski definition) is 4. The molecule has 6 heteroatoms. The number of hydrogen-bond donors (Lipinski definition) is 0. The molecule has 0 bridgehead atoms. The Labute approximate surface area is 70.3 Å². The van der Waals surface area contributed by atoms with Crippen molar-refractivity contribution in [3.8, 4) is 0 Å². The maximum atomic E-state index is 8.55. The molecule has 0 saturated carbocycles. The molecule has 4 nitrogen and oxygen atoms in total. The van der Waals surface area contributed by atoms with Crippen molar-refractivity contribution in [2.75, 3.05) is 0 Å². The molecule has 33 valence electrons. The summed E-state index contributed by atoms with van der Waals surface area (Å²) in [7, 11) is -5.39. The van der Waals surface area contributed by atoms with Crippen LogP contribution in [0, 0.1) is 40.8 Å². The second-order valence-corrected chi connectivity index (χ2v) is 1.34. The van der Waals surface area contributed by atoms with E-state index in [4.69, 9.17) is 19.2 Å². The monoisotopic (exact) mass is 239 g/mol. The average molecular weight is 241 g/mol. The zero-order chi connectivity index (χ0) is 4.50. The first-order valence-corrected chi connectivity index (χ1v) is 2.19. The van der Waals surface area contributed by atoms with Crippen LogP contribution in [0.1, 0.15) is 2.85 Å². The van der Waals surface area contributed by atoms with Crippen LogP contribution in [0.4, 0.5) is 0 Å². The molecule has 0 aliphatic carbocycles. The van der Waals surface area contributed by atoms with Gasteiger partial charge in [0.15, 0.2) is 0 Å². The summed E-state index contributed by atoms with van der Waals surface area (Å²) in [5, 5.41) is 0. The zero-order valence-corrected chi connectivity index (χ0v) is 6.68. The van der Waals surface area contributed by atoms with Gasteiger partial charge in [-0.25, -0.2) is 0 Å². The van der Waals surface area contributed by atoms with Gasteiger partial charge in [-0.1, -0.05) is 0 Å². The van der Waals surface area contributed by atoms with Crippen LogP contribution in [-0.4, -0.2) is 0 Å². The molecule has 0 rings (SSSR count). The topological polar surface area (TPSA) is 86.2 Å². The fourth-order valence-corrected chi connectivity index (χ4v) is 0. The smallest absolute Gasteiger partial charge is 0.822 e. The van der Waals surface area contributed by atoms with E-state index in [9.17, 15) is 0 Å². The second-order valence-electron chi connectivity index (χ2n) is 0.447. The van der Waals surface area contributed by atoms with Gasteiger partial charge >= 0.3 is 43.7 Å². The minimum atomic E-state index is -5.39. The maximum Gasteiger partial charge on any atom is 3.00 e. The Morgan fingerprint density at radius 1 is 1.33 bits per heavy atom. The summed E-state index contributed by atoms with van der Waals surface area (Å²) < 4.78 is 8.55. The summed E-state index contributed by atoms with van der Waals surface area (Å²) in [4.78, 5) is 25.6. The fraction of sp³-hybridized carbons (Fsp3) is 0. The molecule has 1 radical (unpaired) electrons. The number of rotatable bonds is 0. The predicted molar refractivity (Wildman–Crippen MR) is 9.83 cm³/mol. The van der Waals surface area contributed by atoms with Crippen LogP contribution in [0.2, 0.25) is 0 Å². The molecule has 0 unspecified atom stereocenters. The largest absolute Gasteiger partial charge is 3.00 e. The van der Waals surface area contributed by atoms with Gasteiger partial charge in [-0.2, -0.15) is 7.82 Å². The molecule has 0 aromatic rings. The average Bonchev–Trinajstić information content (AvgIpc) is 0.722. The van der Waals surface area contributed by atoms with Gasteiger partial charge in [0.05, 0.1) is 0 Å². The summed E-state index contributed by atoms with van der Waals surface area (Å²) in [6.07, 6.45) is 0. The van der Waals surface area contributed by atoms with Crippen molar-refractivity contribution in [3.63, 3.8) is 0 Å². The van der Waals surface area contributed by atoms with Crippen LogP contribution in [0.15, 0.2) is 0 Å². The van der Waals surface area contributed by atoms with E-state index >= 15 is 0 Å². The van der Waals surface area contributed by atoms with E-state index in [0.717, 1.165) is 0 Å². The van der Waals surface area contributed by atoms with Gasteiger partial charge in [0.1, 0.15) is 0 Å². The van der Waals surface area contributed by atoms with E-state index in [1.165, 1.54) is 0 Å². The molecule has 0 spiro atoms. The molecule has 0 aliphatic rings. The van der Waals surface area contributed by atoms with E-state index in [2.05, 4.69) is 0 Å². The van der Waals surface area contributed by atoms with E-state index in [-0.39, 0.29) is 43.7 Å². The quantitative estimate of drug-likeness (QED) is 0.435. The molecule has 0 amide bonds. The molecule has 6 heavy (non-hydrogen) atoms. The molecule has 0 aliphatic heterocycles. The van der Waals surface area contributed by atoms with Gasteiger partial charge in [0.2, 0.25) is 0 Å². The van der Waals surface area contributed by atoms with Crippen LogP contribution in [0.5, 0.6) is 0 Å². The first-order valence-electron chi connectivity index (χ1n) is 0.730. The molecule has 0 N–H and O–H groups in total. The van der Waals surface area contributed by atoms with Crippen molar-refractivity contribution < 1.29 is 62.9 Å². The molecular formula is H2NdO4P+2. The van der Waals surface area contributed by atoms with E-state index in [1.54, 1.807) is 0 Å². The molecule has 0 fully saturated rings. The third kappa shape index (κ3) is 50.9. The SMILES string of the molecule is O=P([O-])([O-])[O-].[H+].[H+].[Nd+3]. The third-order valence-corrected chi connectivity index (χ3v) is 0. The minimum Gasteiger partial charge on any atom is -0.822 e. The molecule has 0 saturated heterocycles. The van der Waals surface area contributed by atoms with Crippen molar-refractivity contribution >= 4 is 7.82 Å². The van der Waals surface area contributed by atoms with E-state index in [1.807, 2.05) is 0 Å². The second kappa shape index (κ2) is 3.46. The predicted octanol–water partition coefficient (Wildman–Crippen LogP) is -2.60. The van der Waals surface area contributed by atoms with Gasteiger partial charge in [-0.15, -0.1) is 0 Å². The van der Waals surface area contributed by atoms with Crippen molar-refractivity contribution in [2.45, 2.75) is 0 Å². The van der Waals surface area contributed by atoms with Crippen molar-refractivity contribution in [3.05, 3.63) is 0 Å². The summed E-state index contributed by atoms with van der Waals surface area (Å²) in [6, 6.07) is 0. The van der Waals surface area contributed by atoms with Gasteiger partial charge in [-0.05, 0) is 0 Å². The molecule has 0 heterocycles. The Bertz CT molecular complexity index is 60.2. The van der Waals surface area contributed by atoms with Gasteiger partial charge in [0.25, 0.3) is 0 Å². The maximum absolute atomic E-state index is 8.55. The van der Waals surface area contributed by atoms with Gasteiger partial charge in [-0.3, -0.25) is 0 Å². The standard InChI is InChI=1S/Nd.H3O4P/c;1-5(2,3)4/h;(H3,1,2,3,4)/q+3;/p-1. The first kappa shape index (κ1) is 10.4. The molecular weight excluding hydrogens is 239 g/mol. The Morgan fingerprint density at radius 3 is 1.33 bits per heavy atom. The molecule has 0 aromatic heterocycles. The van der Waals surface area contributed by atoms with Crippen molar-refractivity contribution in [1.29, 1.82) is 0 Å². The Kier molecular flexibility index (Phi) is 6.02. The number of phosphoric acid groups is 1. The Hall–Kier alpha value is 1.46. The van der Waals surface area contributed by atoms with E-state index in [0.29, 0.717) is 0 Å². The zero-order valence-electron chi connectivity index (χ0n) is 4.58. The van der Waals surface area contributed by atoms with E-state index < -0.39 is 7.82 Å². The third-order valence-electron chi connectivity index (χ3n) is 0. The van der Waals surface area contributed by atoms with Gasteiger partial charge in [0, 0.05) is 0 Å². The van der Waals surface area contributed by atoms with Crippen LogP contribution in [-0.2, 0) is 4.57 Å². The normalized spacial score (nSPS) is 9.83. The van der Waals surface area contributed by atoms with Gasteiger partial charge < -0.3 is 19.2 Å². The van der Waals surface area contributed by atoms with Crippen LogP contribution in [0.25, 0.3) is 0 Å². The summed E-state index contributed by atoms with van der Waals surface area (Å²) in [5.74, 6) is 0. The van der Waals surface area contributed by atoms with Crippen LogP contribution in [0.3, 0.4) is 0 Å². The molecule has 0 atom stereocenters. The minimum absolute atomic E-state index is 0. The Balaban J connectivity index is -0.0000000267. The first-order chi connectivity index (χ1) is 2.00. The molecule has 0 aromatic carbocycles. The van der Waals surface area contributed by atoms with Crippen molar-refractivity contribution in [1.82, 2.24) is 0 Å². The summed E-state index contributed by atoms with van der Waals surface area (Å²) in [6.45, 7) is 0. The van der Waals surface area contributed by atoms with Crippen LogP contribution >= 0.6 is 7.82 Å².